The van der Waals surface area contributed by atoms with Crippen molar-refractivity contribution in [3.05, 3.63) is 0 Å². The van der Waals surface area contributed by atoms with Crippen LogP contribution in [0.3, 0.4) is 0 Å². The van der Waals surface area contributed by atoms with Gasteiger partial charge in [-0.2, -0.15) is 0 Å². The number of amides is 1. The van der Waals surface area contributed by atoms with Crippen molar-refractivity contribution in [3.63, 3.8) is 0 Å². The Hall–Kier alpha value is -0.570. The van der Waals surface area contributed by atoms with Gasteiger partial charge in [0.05, 0.1) is 6.10 Å². The molecule has 11 heavy (non-hydrogen) atoms. The van der Waals surface area contributed by atoms with E-state index in [4.69, 9.17) is 4.79 Å². The summed E-state index contributed by atoms with van der Waals surface area (Å²) in [6.45, 7) is 2.13. The second-order valence-corrected chi connectivity index (χ2v) is 2.97. The predicted molar refractivity (Wildman–Crippen MR) is 43.9 cm³/mol. The van der Waals surface area contributed by atoms with Crippen molar-refractivity contribution in [2.45, 2.75) is 38.7 Å². The first-order valence-electron chi connectivity index (χ1n) is 4.05. The van der Waals surface area contributed by atoms with E-state index in [9.17, 15) is 5.11 Å². The van der Waals surface area contributed by atoms with Gasteiger partial charge >= 0.3 is 0 Å². The van der Waals surface area contributed by atoms with E-state index >= 15 is 0 Å². The average molecular weight is 159 g/mol. The zero-order valence-corrected chi connectivity index (χ0v) is 6.99. The summed E-state index contributed by atoms with van der Waals surface area (Å²) in [6.07, 6.45) is 5.05. The molecule has 66 valence electrons. The number of aliphatic hydroxyl groups excluding tert-OH is 1. The van der Waals surface area contributed by atoms with Crippen LogP contribution in [0.4, 0.5) is 0 Å². The Morgan fingerprint density at radius 3 is 2.18 bits per heavy atom. The standard InChI is InChI=1S/C7H14O.CH3NO/c1-6-4-2-3-5-7(6)8;2-1-3/h6-8H,2-5H2,1H3;1H,(H2,2,3)/t6-,7?;/m1./s1. The lowest BCUT2D eigenvalue weighted by Crippen LogP contribution is -2.21. The maximum atomic E-state index is 9.18. The van der Waals surface area contributed by atoms with Crippen LogP contribution in [0.2, 0.25) is 0 Å². The van der Waals surface area contributed by atoms with Crippen LogP contribution in [0, 0.1) is 5.92 Å². The van der Waals surface area contributed by atoms with Crippen molar-refractivity contribution in [1.29, 1.82) is 0 Å². The fourth-order valence-corrected chi connectivity index (χ4v) is 1.30. The summed E-state index contributed by atoms with van der Waals surface area (Å²) in [4.78, 5) is 8.58. The Kier molecular flexibility index (Phi) is 5.84. The average Bonchev–Trinajstić information content (AvgIpc) is 1.97. The molecule has 0 radical (unpaired) electrons. The third kappa shape index (κ3) is 4.79. The molecular weight excluding hydrogens is 142 g/mol. The molecule has 0 aromatic heterocycles. The van der Waals surface area contributed by atoms with Gasteiger partial charge in [0.2, 0.25) is 6.41 Å². The summed E-state index contributed by atoms with van der Waals surface area (Å²) >= 11 is 0. The van der Waals surface area contributed by atoms with Crippen LogP contribution in [0.25, 0.3) is 0 Å². The fourth-order valence-electron chi connectivity index (χ4n) is 1.30. The monoisotopic (exact) mass is 159 g/mol. The second-order valence-electron chi connectivity index (χ2n) is 2.97. The number of nitrogens with two attached hydrogens (primary N) is 1. The molecule has 3 heteroatoms. The zero-order valence-electron chi connectivity index (χ0n) is 6.99. The van der Waals surface area contributed by atoms with Crippen molar-refractivity contribution in [3.8, 4) is 0 Å². The molecule has 1 unspecified atom stereocenters. The molecule has 3 N–H and O–H groups in total. The zero-order chi connectivity index (χ0) is 8.69. The van der Waals surface area contributed by atoms with Crippen LogP contribution in [0.5, 0.6) is 0 Å². The van der Waals surface area contributed by atoms with Gasteiger partial charge in [0.15, 0.2) is 0 Å². The van der Waals surface area contributed by atoms with Crippen molar-refractivity contribution < 1.29 is 9.90 Å². The van der Waals surface area contributed by atoms with E-state index in [-0.39, 0.29) is 12.5 Å². The molecule has 3 nitrogen and oxygen atoms in total. The van der Waals surface area contributed by atoms with Gasteiger partial charge in [-0.05, 0) is 18.8 Å². The van der Waals surface area contributed by atoms with Gasteiger partial charge in [0.25, 0.3) is 0 Å². The molecule has 1 saturated carbocycles. The summed E-state index contributed by atoms with van der Waals surface area (Å²) in [5.41, 5.74) is 4.17. The van der Waals surface area contributed by atoms with Crippen LogP contribution in [0.1, 0.15) is 32.6 Å². The number of aliphatic hydroxyl groups is 1. The third-order valence-corrected chi connectivity index (χ3v) is 2.07. The minimum absolute atomic E-state index is 0.00347. The molecule has 0 heterocycles. The Labute approximate surface area is 67.6 Å². The molecule has 1 fully saturated rings. The van der Waals surface area contributed by atoms with Gasteiger partial charge in [-0.25, -0.2) is 0 Å². The minimum atomic E-state index is 0.00347. The lowest BCUT2D eigenvalue weighted by Gasteiger charge is -2.23. The first kappa shape index (κ1) is 10.4. The highest BCUT2D eigenvalue weighted by molar-refractivity contribution is 5.42. The smallest absolute Gasteiger partial charge is 0.204 e. The summed E-state index contributed by atoms with van der Waals surface area (Å²) in [5.74, 6) is 0.559. The molecule has 0 saturated heterocycles. The summed E-state index contributed by atoms with van der Waals surface area (Å²) < 4.78 is 0. The quantitative estimate of drug-likeness (QED) is 0.510. The Morgan fingerprint density at radius 2 is 1.91 bits per heavy atom. The molecule has 1 rings (SSSR count). The van der Waals surface area contributed by atoms with Crippen LogP contribution in [-0.2, 0) is 4.79 Å². The SMILES string of the molecule is C[C@@H]1CCCCC1O.NC=O. The van der Waals surface area contributed by atoms with Gasteiger partial charge in [-0.1, -0.05) is 19.8 Å². The topological polar surface area (TPSA) is 63.3 Å². The van der Waals surface area contributed by atoms with E-state index in [1.165, 1.54) is 19.3 Å². The largest absolute Gasteiger partial charge is 0.393 e. The maximum absolute atomic E-state index is 9.18. The van der Waals surface area contributed by atoms with Crippen LogP contribution < -0.4 is 5.73 Å². The Balaban J connectivity index is 0.000000292. The first-order valence-corrected chi connectivity index (χ1v) is 4.05. The van der Waals surface area contributed by atoms with Crippen LogP contribution in [0.15, 0.2) is 0 Å². The van der Waals surface area contributed by atoms with Crippen molar-refractivity contribution in [1.82, 2.24) is 0 Å². The molecule has 1 amide bonds. The van der Waals surface area contributed by atoms with Crippen molar-refractivity contribution >= 4 is 6.41 Å². The highest BCUT2D eigenvalue weighted by Crippen LogP contribution is 2.22. The van der Waals surface area contributed by atoms with Gasteiger partial charge in [-0.3, -0.25) is 4.79 Å². The van der Waals surface area contributed by atoms with Gasteiger partial charge < -0.3 is 10.8 Å². The number of primary amides is 1. The molecule has 1 aliphatic rings. The van der Waals surface area contributed by atoms with Crippen molar-refractivity contribution in [2.75, 3.05) is 0 Å². The molecule has 2 atom stereocenters. The number of carbonyl (C=O) groups excluding carboxylic acids is 1. The molecule has 0 aromatic rings. The van der Waals surface area contributed by atoms with E-state index in [0.717, 1.165) is 6.42 Å². The number of rotatable bonds is 0. The van der Waals surface area contributed by atoms with Crippen LogP contribution >= 0.6 is 0 Å². The van der Waals surface area contributed by atoms with E-state index in [1.54, 1.807) is 0 Å². The fraction of sp³-hybridized carbons (Fsp3) is 0.875. The van der Waals surface area contributed by atoms with Crippen LogP contribution in [-0.4, -0.2) is 17.6 Å². The van der Waals surface area contributed by atoms with Crippen molar-refractivity contribution in [2.24, 2.45) is 11.7 Å². The number of hydrogen-bond donors (Lipinski definition) is 2. The maximum Gasteiger partial charge on any atom is 0.204 e. The van der Waals surface area contributed by atoms with Gasteiger partial charge in [0.1, 0.15) is 0 Å². The minimum Gasteiger partial charge on any atom is -0.393 e. The molecular formula is C8H17NO2. The van der Waals surface area contributed by atoms with Gasteiger partial charge in [0, 0.05) is 0 Å². The summed E-state index contributed by atoms with van der Waals surface area (Å²) in [7, 11) is 0. The van der Waals surface area contributed by atoms with E-state index < -0.39 is 0 Å². The first-order chi connectivity index (χ1) is 5.22. The van der Waals surface area contributed by atoms with E-state index in [1.807, 2.05) is 0 Å². The third-order valence-electron chi connectivity index (χ3n) is 2.07. The highest BCUT2D eigenvalue weighted by atomic mass is 16.3. The number of carbonyl (C=O) groups is 1. The predicted octanol–water partition coefficient (Wildman–Crippen LogP) is 0.659. The highest BCUT2D eigenvalue weighted by Gasteiger charge is 2.17. The van der Waals surface area contributed by atoms with Gasteiger partial charge in [-0.15, -0.1) is 0 Å². The molecule has 0 aliphatic heterocycles. The molecule has 0 bridgehead atoms. The van der Waals surface area contributed by atoms with E-state index in [2.05, 4.69) is 12.7 Å². The molecule has 0 spiro atoms. The normalized spacial score (nSPS) is 30.0. The Bertz CT molecular complexity index is 96.3. The molecule has 1 aliphatic carbocycles. The van der Waals surface area contributed by atoms with E-state index in [0.29, 0.717) is 5.92 Å². The lowest BCUT2D eigenvalue weighted by atomic mass is 9.88. The Morgan fingerprint density at radius 1 is 1.45 bits per heavy atom. The number of hydrogen-bond acceptors (Lipinski definition) is 2. The lowest BCUT2D eigenvalue weighted by molar-refractivity contribution is -0.106. The summed E-state index contributed by atoms with van der Waals surface area (Å²) in [5, 5.41) is 9.18. The second kappa shape index (κ2) is 6.16. The molecule has 0 aromatic carbocycles. The summed E-state index contributed by atoms with van der Waals surface area (Å²) in [6, 6.07) is 0.